The van der Waals surface area contributed by atoms with Crippen molar-refractivity contribution in [2.75, 3.05) is 20.8 Å². The highest BCUT2D eigenvalue weighted by atomic mass is 16.5. The zero-order chi connectivity index (χ0) is 14.0. The molecule has 3 unspecified atom stereocenters. The van der Waals surface area contributed by atoms with Crippen LogP contribution in [-0.4, -0.2) is 60.4 Å². The Balaban J connectivity index is 1.97. The molecule has 110 valence electrons. The number of hydrogen-bond acceptors (Lipinski definition) is 4. The van der Waals surface area contributed by atoms with Crippen molar-refractivity contribution in [3.05, 3.63) is 0 Å². The zero-order valence-corrected chi connectivity index (χ0v) is 12.2. The maximum atomic E-state index is 11.6. The van der Waals surface area contributed by atoms with E-state index in [2.05, 4.69) is 24.2 Å². The lowest BCUT2D eigenvalue weighted by molar-refractivity contribution is -0.145. The van der Waals surface area contributed by atoms with Crippen molar-refractivity contribution < 1.29 is 14.6 Å². The monoisotopic (exact) mass is 270 g/mol. The number of methoxy groups -OCH3 is 1. The summed E-state index contributed by atoms with van der Waals surface area (Å²) in [4.78, 5) is 13.9. The first kappa shape index (κ1) is 14.8. The fraction of sp³-hybridized carbons (Fsp3) is 0.929. The van der Waals surface area contributed by atoms with Crippen molar-refractivity contribution >= 4 is 5.97 Å². The molecular weight excluding hydrogens is 244 g/mol. The number of hydrogen-bond donors (Lipinski definition) is 2. The number of carboxylic acids is 1. The molecule has 0 aliphatic heterocycles. The van der Waals surface area contributed by atoms with Gasteiger partial charge in [0.25, 0.3) is 0 Å². The normalized spacial score (nSPS) is 32.7. The summed E-state index contributed by atoms with van der Waals surface area (Å²) in [6.45, 7) is 2.81. The molecular formula is C14H26N2O3. The lowest BCUT2D eigenvalue weighted by atomic mass is 9.97. The van der Waals surface area contributed by atoms with Gasteiger partial charge in [0.1, 0.15) is 5.54 Å². The third kappa shape index (κ3) is 3.27. The average Bonchev–Trinajstić information content (AvgIpc) is 3.05. The van der Waals surface area contributed by atoms with Crippen LogP contribution in [0.25, 0.3) is 0 Å². The molecule has 2 saturated carbocycles. The molecule has 2 fully saturated rings. The Morgan fingerprint density at radius 2 is 2.21 bits per heavy atom. The van der Waals surface area contributed by atoms with E-state index in [1.54, 1.807) is 7.11 Å². The number of nitrogens with one attached hydrogen (secondary N) is 1. The summed E-state index contributed by atoms with van der Waals surface area (Å²) in [6.07, 6.45) is 4.61. The molecule has 0 radical (unpaired) electrons. The van der Waals surface area contributed by atoms with Crippen molar-refractivity contribution in [2.24, 2.45) is 0 Å². The molecule has 5 heteroatoms. The van der Waals surface area contributed by atoms with Gasteiger partial charge in [0.15, 0.2) is 0 Å². The Bertz CT molecular complexity index is 333. The SMILES string of the molecule is COCC(C)N(C)C1CCC(NC2CC2)(C(=O)O)C1. The number of nitrogens with zero attached hydrogens (tertiary/aromatic N) is 1. The van der Waals surface area contributed by atoms with E-state index in [-0.39, 0.29) is 0 Å². The molecule has 3 atom stereocenters. The third-order valence-electron chi connectivity index (χ3n) is 4.63. The number of ether oxygens (including phenoxy) is 1. The second kappa shape index (κ2) is 5.77. The van der Waals surface area contributed by atoms with Gasteiger partial charge in [0.2, 0.25) is 0 Å². The molecule has 0 aromatic heterocycles. The molecule has 0 amide bonds. The van der Waals surface area contributed by atoms with Crippen LogP contribution in [-0.2, 0) is 9.53 Å². The van der Waals surface area contributed by atoms with Crippen LogP contribution >= 0.6 is 0 Å². The van der Waals surface area contributed by atoms with Gasteiger partial charge in [0, 0.05) is 25.2 Å². The van der Waals surface area contributed by atoms with Crippen molar-refractivity contribution in [2.45, 2.75) is 62.7 Å². The smallest absolute Gasteiger partial charge is 0.323 e. The Kier molecular flexibility index (Phi) is 4.48. The second-order valence-electron chi connectivity index (χ2n) is 6.17. The van der Waals surface area contributed by atoms with E-state index in [4.69, 9.17) is 4.74 Å². The maximum absolute atomic E-state index is 11.6. The van der Waals surface area contributed by atoms with Crippen molar-refractivity contribution in [3.8, 4) is 0 Å². The first-order chi connectivity index (χ1) is 8.98. The summed E-state index contributed by atoms with van der Waals surface area (Å²) in [5, 5.41) is 12.9. The summed E-state index contributed by atoms with van der Waals surface area (Å²) >= 11 is 0. The Hall–Kier alpha value is -0.650. The summed E-state index contributed by atoms with van der Waals surface area (Å²) < 4.78 is 5.18. The van der Waals surface area contributed by atoms with Gasteiger partial charge >= 0.3 is 5.97 Å². The fourth-order valence-electron chi connectivity index (χ4n) is 3.09. The van der Waals surface area contributed by atoms with Crippen molar-refractivity contribution in [1.82, 2.24) is 10.2 Å². The van der Waals surface area contributed by atoms with E-state index in [1.807, 2.05) is 0 Å². The van der Waals surface area contributed by atoms with Gasteiger partial charge in [-0.2, -0.15) is 0 Å². The first-order valence-corrected chi connectivity index (χ1v) is 7.20. The predicted molar refractivity (Wildman–Crippen MR) is 73.3 cm³/mol. The summed E-state index contributed by atoms with van der Waals surface area (Å²) in [5.41, 5.74) is -0.702. The van der Waals surface area contributed by atoms with Crippen molar-refractivity contribution in [3.63, 3.8) is 0 Å². The van der Waals surface area contributed by atoms with Crippen molar-refractivity contribution in [1.29, 1.82) is 0 Å². The molecule has 2 aliphatic rings. The summed E-state index contributed by atoms with van der Waals surface area (Å²) in [5.74, 6) is -0.685. The van der Waals surface area contributed by atoms with Crippen LogP contribution in [0.1, 0.15) is 39.0 Å². The van der Waals surface area contributed by atoms with E-state index >= 15 is 0 Å². The van der Waals surface area contributed by atoms with Gasteiger partial charge in [-0.1, -0.05) is 0 Å². The van der Waals surface area contributed by atoms with Crippen LogP contribution in [0, 0.1) is 0 Å². The van der Waals surface area contributed by atoms with Gasteiger partial charge in [-0.25, -0.2) is 0 Å². The topological polar surface area (TPSA) is 61.8 Å². The highest BCUT2D eigenvalue weighted by Gasteiger charge is 2.49. The quantitative estimate of drug-likeness (QED) is 0.725. The molecule has 2 aliphatic carbocycles. The number of rotatable bonds is 7. The molecule has 0 saturated heterocycles. The molecule has 0 aromatic rings. The summed E-state index contributed by atoms with van der Waals surface area (Å²) in [6, 6.07) is 1.07. The van der Waals surface area contributed by atoms with Gasteiger partial charge < -0.3 is 9.84 Å². The van der Waals surface area contributed by atoms with Crippen LogP contribution in [0.2, 0.25) is 0 Å². The van der Waals surface area contributed by atoms with Crippen LogP contribution < -0.4 is 5.32 Å². The maximum Gasteiger partial charge on any atom is 0.323 e. The fourth-order valence-corrected chi connectivity index (χ4v) is 3.09. The highest BCUT2D eigenvalue weighted by Crippen LogP contribution is 2.36. The minimum Gasteiger partial charge on any atom is -0.480 e. The number of carbonyl (C=O) groups is 1. The van der Waals surface area contributed by atoms with Crippen LogP contribution in [0.4, 0.5) is 0 Å². The molecule has 19 heavy (non-hydrogen) atoms. The number of aliphatic carboxylic acids is 1. The highest BCUT2D eigenvalue weighted by molar-refractivity contribution is 5.79. The lowest BCUT2D eigenvalue weighted by Gasteiger charge is -2.32. The molecule has 5 nitrogen and oxygen atoms in total. The molecule has 0 aromatic carbocycles. The molecule has 2 rings (SSSR count). The second-order valence-corrected chi connectivity index (χ2v) is 6.17. The van der Waals surface area contributed by atoms with E-state index in [1.165, 1.54) is 0 Å². The Labute approximate surface area is 115 Å². The van der Waals surface area contributed by atoms with Gasteiger partial charge in [-0.15, -0.1) is 0 Å². The molecule has 2 N–H and O–H groups in total. The zero-order valence-electron chi connectivity index (χ0n) is 12.2. The van der Waals surface area contributed by atoms with Gasteiger partial charge in [-0.05, 0) is 46.1 Å². The van der Waals surface area contributed by atoms with Gasteiger partial charge in [0.05, 0.1) is 6.61 Å². The minimum atomic E-state index is -0.702. The van der Waals surface area contributed by atoms with E-state index in [0.717, 1.165) is 25.7 Å². The molecule has 0 heterocycles. The lowest BCUT2D eigenvalue weighted by Crippen LogP contribution is -2.52. The van der Waals surface area contributed by atoms with Gasteiger partial charge in [-0.3, -0.25) is 15.0 Å². The minimum absolute atomic E-state index is 0.320. The molecule has 0 spiro atoms. The first-order valence-electron chi connectivity index (χ1n) is 7.20. The molecule has 0 bridgehead atoms. The van der Waals surface area contributed by atoms with E-state index in [0.29, 0.717) is 31.2 Å². The number of likely N-dealkylation sites (N-methyl/N-ethyl adjacent to an activating group) is 1. The summed E-state index contributed by atoms with van der Waals surface area (Å²) in [7, 11) is 3.78. The Morgan fingerprint density at radius 3 is 2.74 bits per heavy atom. The number of carboxylic acid groups (broad SMARTS) is 1. The Morgan fingerprint density at radius 1 is 1.53 bits per heavy atom. The predicted octanol–water partition coefficient (Wildman–Crippen LogP) is 1.08. The largest absolute Gasteiger partial charge is 0.480 e. The average molecular weight is 270 g/mol. The van der Waals surface area contributed by atoms with Crippen LogP contribution in [0.15, 0.2) is 0 Å². The van der Waals surface area contributed by atoms with E-state index in [9.17, 15) is 9.90 Å². The third-order valence-corrected chi connectivity index (χ3v) is 4.63. The van der Waals surface area contributed by atoms with Crippen LogP contribution in [0.3, 0.4) is 0 Å². The van der Waals surface area contributed by atoms with Crippen LogP contribution in [0.5, 0.6) is 0 Å². The van der Waals surface area contributed by atoms with E-state index < -0.39 is 11.5 Å². The standard InChI is InChI=1S/C14H26N2O3/c1-10(9-19-3)16(2)12-6-7-14(8-12,13(17)18)15-11-4-5-11/h10-12,15H,4-9H2,1-3H3,(H,17,18).